The minimum absolute atomic E-state index is 0.262. The van der Waals surface area contributed by atoms with Crippen LogP contribution in [0.4, 0.5) is 5.69 Å². The number of hydrogen-bond donors (Lipinski definition) is 1. The molecule has 1 N–H and O–H groups in total. The molecule has 0 aliphatic rings. The van der Waals surface area contributed by atoms with Crippen LogP contribution >= 0.6 is 15.9 Å². The second-order valence-corrected chi connectivity index (χ2v) is 6.03. The molecule has 1 amide bonds. The Morgan fingerprint density at radius 3 is 2.65 bits per heavy atom. The number of ether oxygens (including phenoxy) is 2. The first-order chi connectivity index (χ1) is 12.6. The zero-order valence-electron chi connectivity index (χ0n) is 14.1. The summed E-state index contributed by atoms with van der Waals surface area (Å²) in [7, 11) is 1.53. The van der Waals surface area contributed by atoms with Crippen LogP contribution < -0.4 is 14.8 Å². The number of rotatable bonds is 6. The number of carbonyl (C=O) groups is 1. The predicted octanol–water partition coefficient (Wildman–Crippen LogP) is 3.08. The first kappa shape index (κ1) is 17.9. The van der Waals surface area contributed by atoms with Crippen LogP contribution in [-0.4, -0.2) is 39.8 Å². The normalized spacial score (nSPS) is 10.4. The SMILES string of the molecule is CCOc1c(Br)cc(C(=O)Nc2ccc(-n3cnnn3)cc2)cc1OC. The summed E-state index contributed by atoms with van der Waals surface area (Å²) < 4.78 is 13.0. The van der Waals surface area contributed by atoms with Crippen molar-refractivity contribution in [2.75, 3.05) is 19.0 Å². The molecular formula is C17H16BrN5O3. The molecule has 0 radical (unpaired) electrons. The van der Waals surface area contributed by atoms with Gasteiger partial charge in [0.1, 0.15) is 6.33 Å². The molecule has 0 spiro atoms. The van der Waals surface area contributed by atoms with Gasteiger partial charge in [-0.05, 0) is 69.7 Å². The minimum Gasteiger partial charge on any atom is -0.493 e. The van der Waals surface area contributed by atoms with Gasteiger partial charge < -0.3 is 14.8 Å². The molecule has 2 aromatic carbocycles. The number of benzene rings is 2. The van der Waals surface area contributed by atoms with Crippen LogP contribution in [0.3, 0.4) is 0 Å². The summed E-state index contributed by atoms with van der Waals surface area (Å²) in [5.74, 6) is 0.792. The number of nitrogens with zero attached hydrogens (tertiary/aromatic N) is 4. The molecular weight excluding hydrogens is 402 g/mol. The lowest BCUT2D eigenvalue weighted by molar-refractivity contribution is 0.102. The highest BCUT2D eigenvalue weighted by Crippen LogP contribution is 2.36. The van der Waals surface area contributed by atoms with E-state index in [1.165, 1.54) is 18.1 Å². The standard InChI is InChI=1S/C17H16BrN5O3/c1-3-26-16-14(18)8-11(9-15(16)25-2)17(24)20-12-4-6-13(7-5-12)23-10-19-21-22-23/h4-10H,3H2,1-2H3,(H,20,24). The topological polar surface area (TPSA) is 91.2 Å². The van der Waals surface area contributed by atoms with E-state index in [1.807, 2.05) is 6.92 Å². The Labute approximate surface area is 158 Å². The van der Waals surface area contributed by atoms with Crippen molar-refractivity contribution in [1.29, 1.82) is 0 Å². The molecule has 8 nitrogen and oxygen atoms in total. The van der Waals surface area contributed by atoms with Gasteiger partial charge in [0.2, 0.25) is 0 Å². The molecule has 3 rings (SSSR count). The molecule has 0 aliphatic heterocycles. The van der Waals surface area contributed by atoms with E-state index < -0.39 is 0 Å². The summed E-state index contributed by atoms with van der Waals surface area (Å²) in [6.07, 6.45) is 1.50. The van der Waals surface area contributed by atoms with Gasteiger partial charge in [0.05, 0.1) is 23.9 Å². The average Bonchev–Trinajstić information content (AvgIpc) is 3.18. The number of nitrogens with one attached hydrogen (secondary N) is 1. The van der Waals surface area contributed by atoms with Crippen molar-refractivity contribution >= 4 is 27.5 Å². The first-order valence-electron chi connectivity index (χ1n) is 7.77. The van der Waals surface area contributed by atoms with Crippen LogP contribution in [-0.2, 0) is 0 Å². The number of halogens is 1. The summed E-state index contributed by atoms with van der Waals surface area (Å²) in [4.78, 5) is 12.6. The van der Waals surface area contributed by atoms with Crippen LogP contribution in [0.2, 0.25) is 0 Å². The van der Waals surface area contributed by atoms with Gasteiger partial charge in [-0.2, -0.15) is 0 Å². The van der Waals surface area contributed by atoms with Crippen LogP contribution in [0, 0.1) is 0 Å². The summed E-state index contributed by atoms with van der Waals surface area (Å²) in [5, 5.41) is 13.8. The van der Waals surface area contributed by atoms with Crippen molar-refractivity contribution in [2.45, 2.75) is 6.92 Å². The number of anilines is 1. The van der Waals surface area contributed by atoms with E-state index in [0.29, 0.717) is 33.8 Å². The number of aromatic nitrogens is 4. The van der Waals surface area contributed by atoms with Crippen molar-refractivity contribution in [2.24, 2.45) is 0 Å². The van der Waals surface area contributed by atoms with E-state index in [9.17, 15) is 4.79 Å². The summed E-state index contributed by atoms with van der Waals surface area (Å²) in [5.41, 5.74) is 1.89. The molecule has 0 unspecified atom stereocenters. The quantitative estimate of drug-likeness (QED) is 0.662. The Bertz CT molecular complexity index is 898. The lowest BCUT2D eigenvalue weighted by Gasteiger charge is -2.13. The van der Waals surface area contributed by atoms with Gasteiger partial charge >= 0.3 is 0 Å². The highest BCUT2D eigenvalue weighted by molar-refractivity contribution is 9.10. The van der Waals surface area contributed by atoms with Crippen molar-refractivity contribution in [3.05, 3.63) is 52.8 Å². The van der Waals surface area contributed by atoms with Gasteiger partial charge in [0, 0.05) is 11.3 Å². The fraction of sp³-hybridized carbons (Fsp3) is 0.176. The molecule has 26 heavy (non-hydrogen) atoms. The number of amides is 1. The fourth-order valence-electron chi connectivity index (χ4n) is 2.32. The average molecular weight is 418 g/mol. The number of methoxy groups -OCH3 is 1. The Hall–Kier alpha value is -2.94. The van der Waals surface area contributed by atoms with E-state index in [2.05, 4.69) is 36.8 Å². The third-order valence-corrected chi connectivity index (χ3v) is 4.11. The van der Waals surface area contributed by atoms with Gasteiger partial charge in [-0.1, -0.05) is 0 Å². The maximum Gasteiger partial charge on any atom is 0.255 e. The molecule has 9 heteroatoms. The van der Waals surface area contributed by atoms with Crippen molar-refractivity contribution in [1.82, 2.24) is 20.2 Å². The zero-order valence-corrected chi connectivity index (χ0v) is 15.7. The zero-order chi connectivity index (χ0) is 18.5. The molecule has 0 saturated carbocycles. The Kier molecular flexibility index (Phi) is 5.47. The smallest absolute Gasteiger partial charge is 0.255 e. The van der Waals surface area contributed by atoms with Crippen LogP contribution in [0.25, 0.3) is 5.69 Å². The van der Waals surface area contributed by atoms with Crippen molar-refractivity contribution < 1.29 is 14.3 Å². The number of hydrogen-bond acceptors (Lipinski definition) is 6. The van der Waals surface area contributed by atoms with Crippen LogP contribution in [0.5, 0.6) is 11.5 Å². The molecule has 0 saturated heterocycles. The van der Waals surface area contributed by atoms with E-state index >= 15 is 0 Å². The van der Waals surface area contributed by atoms with E-state index in [0.717, 1.165) is 5.69 Å². The largest absolute Gasteiger partial charge is 0.493 e. The molecule has 0 fully saturated rings. The predicted molar refractivity (Wildman–Crippen MR) is 99.0 cm³/mol. The van der Waals surface area contributed by atoms with E-state index in [1.54, 1.807) is 36.4 Å². The maximum absolute atomic E-state index is 12.6. The first-order valence-corrected chi connectivity index (χ1v) is 8.56. The van der Waals surface area contributed by atoms with Crippen LogP contribution in [0.1, 0.15) is 17.3 Å². The van der Waals surface area contributed by atoms with Crippen LogP contribution in [0.15, 0.2) is 47.2 Å². The number of tetrazole rings is 1. The Morgan fingerprint density at radius 2 is 2.04 bits per heavy atom. The van der Waals surface area contributed by atoms with Gasteiger partial charge in [-0.3, -0.25) is 4.79 Å². The van der Waals surface area contributed by atoms with Crippen molar-refractivity contribution in [3.8, 4) is 17.2 Å². The van der Waals surface area contributed by atoms with Crippen molar-refractivity contribution in [3.63, 3.8) is 0 Å². The Balaban J connectivity index is 1.78. The third-order valence-electron chi connectivity index (χ3n) is 3.52. The molecule has 0 atom stereocenters. The summed E-state index contributed by atoms with van der Waals surface area (Å²) >= 11 is 3.42. The molecule has 0 aliphatic carbocycles. The molecule has 3 aromatic rings. The maximum atomic E-state index is 12.6. The molecule has 134 valence electrons. The minimum atomic E-state index is -0.262. The number of carbonyl (C=O) groups excluding carboxylic acids is 1. The second kappa shape index (κ2) is 7.96. The Morgan fingerprint density at radius 1 is 1.27 bits per heavy atom. The summed E-state index contributed by atoms with van der Waals surface area (Å²) in [6, 6.07) is 10.5. The van der Waals surface area contributed by atoms with Gasteiger partial charge in [0.25, 0.3) is 5.91 Å². The highest BCUT2D eigenvalue weighted by atomic mass is 79.9. The lowest BCUT2D eigenvalue weighted by atomic mass is 10.1. The summed E-state index contributed by atoms with van der Waals surface area (Å²) in [6.45, 7) is 2.37. The highest BCUT2D eigenvalue weighted by Gasteiger charge is 2.15. The lowest BCUT2D eigenvalue weighted by Crippen LogP contribution is -2.12. The van der Waals surface area contributed by atoms with E-state index in [4.69, 9.17) is 9.47 Å². The third kappa shape index (κ3) is 3.83. The van der Waals surface area contributed by atoms with Gasteiger partial charge in [0.15, 0.2) is 11.5 Å². The monoisotopic (exact) mass is 417 g/mol. The molecule has 1 heterocycles. The second-order valence-electron chi connectivity index (χ2n) is 5.18. The molecule has 1 aromatic heterocycles. The van der Waals surface area contributed by atoms with Gasteiger partial charge in [-0.15, -0.1) is 5.10 Å². The molecule has 0 bridgehead atoms. The fourth-order valence-corrected chi connectivity index (χ4v) is 2.87. The van der Waals surface area contributed by atoms with E-state index in [-0.39, 0.29) is 5.91 Å². The van der Waals surface area contributed by atoms with Gasteiger partial charge in [-0.25, -0.2) is 4.68 Å².